The van der Waals surface area contributed by atoms with Gasteiger partial charge in [0.05, 0.1) is 0 Å². The molecule has 74 valence electrons. The minimum atomic E-state index is -1.03. The number of hydrogen-bond donors (Lipinski definition) is 0. The molecule has 0 unspecified atom stereocenters. The maximum Gasteiger partial charge on any atom is 0.326 e. The van der Waals surface area contributed by atoms with Crippen LogP contribution in [-0.4, -0.2) is 18.7 Å². The molecule has 1 rings (SSSR count). The van der Waals surface area contributed by atoms with E-state index in [2.05, 4.69) is 0 Å². The number of ether oxygens (including phenoxy) is 2. The van der Waals surface area contributed by atoms with Crippen molar-refractivity contribution in [3.8, 4) is 0 Å². The van der Waals surface area contributed by atoms with Crippen LogP contribution in [0.5, 0.6) is 0 Å². The molecule has 1 aliphatic rings. The molecule has 0 bridgehead atoms. The first-order valence-corrected chi connectivity index (χ1v) is 4.52. The quantitative estimate of drug-likeness (QED) is 0.491. The average Bonchev–Trinajstić information content (AvgIpc) is 2.12. The largest absolute Gasteiger partial charge is 0.427 e. The summed E-state index contributed by atoms with van der Waals surface area (Å²) in [6.45, 7) is 3.49. The molecule has 1 heterocycles. The summed E-state index contributed by atoms with van der Waals surface area (Å²) in [7, 11) is 0. The van der Waals surface area contributed by atoms with E-state index in [9.17, 15) is 9.59 Å². The number of rotatable bonds is 3. The first-order valence-electron chi connectivity index (χ1n) is 4.52. The van der Waals surface area contributed by atoms with Gasteiger partial charge >= 0.3 is 11.9 Å². The van der Waals surface area contributed by atoms with Crippen LogP contribution < -0.4 is 0 Å². The number of cyclic esters (lactones) is 2. The maximum absolute atomic E-state index is 11.4. The average molecular weight is 186 g/mol. The fourth-order valence-electron chi connectivity index (χ4n) is 1.59. The summed E-state index contributed by atoms with van der Waals surface area (Å²) >= 11 is 0. The Hall–Kier alpha value is -1.06. The minimum absolute atomic E-state index is 0.233. The molecule has 1 aliphatic heterocycles. The summed E-state index contributed by atoms with van der Waals surface area (Å²) in [5.41, 5.74) is -1.03. The van der Waals surface area contributed by atoms with E-state index in [1.807, 2.05) is 6.92 Å². The van der Waals surface area contributed by atoms with Gasteiger partial charge in [-0.15, -0.1) is 0 Å². The molecule has 0 aromatic heterocycles. The van der Waals surface area contributed by atoms with Crippen molar-refractivity contribution >= 4 is 11.9 Å². The van der Waals surface area contributed by atoms with Crippen molar-refractivity contribution < 1.29 is 19.1 Å². The van der Waals surface area contributed by atoms with Gasteiger partial charge < -0.3 is 9.47 Å². The van der Waals surface area contributed by atoms with Crippen LogP contribution in [0, 0.1) is 5.41 Å². The second-order valence-corrected chi connectivity index (χ2v) is 3.17. The van der Waals surface area contributed by atoms with E-state index in [0.29, 0.717) is 12.8 Å². The van der Waals surface area contributed by atoms with Crippen molar-refractivity contribution in [1.29, 1.82) is 0 Å². The third-order valence-corrected chi connectivity index (χ3v) is 2.44. The van der Waals surface area contributed by atoms with Crippen molar-refractivity contribution in [2.24, 2.45) is 5.41 Å². The molecule has 0 aromatic carbocycles. The van der Waals surface area contributed by atoms with E-state index < -0.39 is 17.4 Å². The second-order valence-electron chi connectivity index (χ2n) is 3.17. The van der Waals surface area contributed by atoms with Crippen molar-refractivity contribution in [3.63, 3.8) is 0 Å². The number of hydrogen-bond acceptors (Lipinski definition) is 4. The van der Waals surface area contributed by atoms with Crippen LogP contribution >= 0.6 is 0 Å². The zero-order valence-electron chi connectivity index (χ0n) is 7.96. The summed E-state index contributed by atoms with van der Waals surface area (Å²) in [4.78, 5) is 22.8. The van der Waals surface area contributed by atoms with E-state index in [4.69, 9.17) is 9.47 Å². The van der Waals surface area contributed by atoms with Crippen LogP contribution in [-0.2, 0) is 19.1 Å². The standard InChI is InChI=1S/C9H14O4/c1-3-5-9(4-2)7(10)12-6-13-8(9)11/h3-6H2,1-2H3. The number of esters is 2. The van der Waals surface area contributed by atoms with Gasteiger partial charge in [-0.3, -0.25) is 9.59 Å². The van der Waals surface area contributed by atoms with Gasteiger partial charge in [0.15, 0.2) is 5.41 Å². The lowest BCUT2D eigenvalue weighted by molar-refractivity contribution is -0.202. The van der Waals surface area contributed by atoms with Crippen LogP contribution in [0.4, 0.5) is 0 Å². The summed E-state index contributed by atoms with van der Waals surface area (Å²) in [6.07, 6.45) is 1.71. The highest BCUT2D eigenvalue weighted by Crippen LogP contribution is 2.33. The van der Waals surface area contributed by atoms with Gasteiger partial charge in [-0.2, -0.15) is 0 Å². The lowest BCUT2D eigenvalue weighted by atomic mass is 9.80. The molecule has 0 aliphatic carbocycles. The molecular formula is C9H14O4. The van der Waals surface area contributed by atoms with Crippen LogP contribution in [0.3, 0.4) is 0 Å². The van der Waals surface area contributed by atoms with E-state index >= 15 is 0 Å². The van der Waals surface area contributed by atoms with Crippen molar-refractivity contribution in [1.82, 2.24) is 0 Å². The highest BCUT2D eigenvalue weighted by Gasteiger charge is 2.49. The Labute approximate surface area is 77.2 Å². The molecule has 13 heavy (non-hydrogen) atoms. The maximum atomic E-state index is 11.4. The Bertz CT molecular complexity index is 206. The summed E-state index contributed by atoms with van der Waals surface area (Å²) in [5.74, 6) is -0.874. The lowest BCUT2D eigenvalue weighted by Gasteiger charge is -2.31. The van der Waals surface area contributed by atoms with Gasteiger partial charge in [0.2, 0.25) is 6.79 Å². The molecule has 0 atom stereocenters. The fraction of sp³-hybridized carbons (Fsp3) is 0.778. The van der Waals surface area contributed by atoms with E-state index in [1.165, 1.54) is 0 Å². The van der Waals surface area contributed by atoms with Crippen LogP contribution in [0.15, 0.2) is 0 Å². The summed E-state index contributed by atoms with van der Waals surface area (Å²) in [5, 5.41) is 0. The molecule has 0 aromatic rings. The molecular weight excluding hydrogens is 172 g/mol. The second kappa shape index (κ2) is 3.77. The van der Waals surface area contributed by atoms with Gasteiger partial charge in [0.25, 0.3) is 0 Å². The molecule has 1 fully saturated rings. The van der Waals surface area contributed by atoms with Gasteiger partial charge in [0, 0.05) is 0 Å². The highest BCUT2D eigenvalue weighted by molar-refractivity contribution is 6.01. The normalized spacial score (nSPS) is 20.8. The topological polar surface area (TPSA) is 52.6 Å². The van der Waals surface area contributed by atoms with E-state index in [0.717, 1.165) is 6.42 Å². The Morgan fingerprint density at radius 2 is 1.77 bits per heavy atom. The third kappa shape index (κ3) is 1.53. The van der Waals surface area contributed by atoms with Crippen LogP contribution in [0.25, 0.3) is 0 Å². The predicted molar refractivity (Wildman–Crippen MR) is 44.7 cm³/mol. The Kier molecular flexibility index (Phi) is 2.90. The number of carbonyl (C=O) groups is 2. The zero-order chi connectivity index (χ0) is 9.90. The molecule has 0 amide bonds. The van der Waals surface area contributed by atoms with E-state index in [1.54, 1.807) is 6.92 Å². The van der Waals surface area contributed by atoms with Gasteiger partial charge in [-0.1, -0.05) is 20.3 Å². The summed E-state index contributed by atoms with van der Waals surface area (Å²) in [6, 6.07) is 0. The Balaban J connectivity index is 2.89. The van der Waals surface area contributed by atoms with Crippen molar-refractivity contribution in [2.75, 3.05) is 6.79 Å². The lowest BCUT2D eigenvalue weighted by Crippen LogP contribution is -2.46. The fourth-order valence-corrected chi connectivity index (χ4v) is 1.59. The SMILES string of the molecule is CCCC1(CC)C(=O)OCOC1=O. The molecule has 0 saturated carbocycles. The third-order valence-electron chi connectivity index (χ3n) is 2.44. The molecule has 4 nitrogen and oxygen atoms in total. The van der Waals surface area contributed by atoms with Crippen LogP contribution in [0.1, 0.15) is 33.1 Å². The molecule has 1 saturated heterocycles. The first kappa shape index (κ1) is 10.0. The zero-order valence-corrected chi connectivity index (χ0v) is 7.96. The highest BCUT2D eigenvalue weighted by atomic mass is 16.7. The molecule has 0 N–H and O–H groups in total. The van der Waals surface area contributed by atoms with Gasteiger partial charge in [0.1, 0.15) is 0 Å². The first-order chi connectivity index (χ1) is 6.17. The smallest absolute Gasteiger partial charge is 0.326 e. The van der Waals surface area contributed by atoms with Gasteiger partial charge in [-0.05, 0) is 12.8 Å². The predicted octanol–water partition coefficient (Wildman–Crippen LogP) is 1.24. The monoisotopic (exact) mass is 186 g/mol. The van der Waals surface area contributed by atoms with E-state index in [-0.39, 0.29) is 6.79 Å². The van der Waals surface area contributed by atoms with Crippen LogP contribution in [0.2, 0.25) is 0 Å². The van der Waals surface area contributed by atoms with Crippen molar-refractivity contribution in [2.45, 2.75) is 33.1 Å². The molecule has 0 radical (unpaired) electrons. The Morgan fingerprint density at radius 1 is 1.23 bits per heavy atom. The Morgan fingerprint density at radius 3 is 2.15 bits per heavy atom. The molecule has 4 heteroatoms. The number of carbonyl (C=O) groups excluding carboxylic acids is 2. The summed E-state index contributed by atoms with van der Waals surface area (Å²) < 4.78 is 9.45. The van der Waals surface area contributed by atoms with Gasteiger partial charge in [-0.25, -0.2) is 0 Å². The minimum Gasteiger partial charge on any atom is -0.427 e. The van der Waals surface area contributed by atoms with Crippen molar-refractivity contribution in [3.05, 3.63) is 0 Å². The molecule has 0 spiro atoms.